The van der Waals surface area contributed by atoms with E-state index in [0.717, 1.165) is 4.88 Å². The monoisotopic (exact) mass is 252 g/mol. The largest absolute Gasteiger partial charge is 0.324 e. The van der Waals surface area contributed by atoms with Crippen LogP contribution in [-0.4, -0.2) is 23.4 Å². The third-order valence-electron chi connectivity index (χ3n) is 3.02. The number of hydrogen-bond donors (Lipinski definition) is 1. The Labute approximate surface area is 105 Å². The molecule has 1 fully saturated rings. The van der Waals surface area contributed by atoms with Gasteiger partial charge in [0.1, 0.15) is 0 Å². The predicted octanol–water partition coefficient (Wildman–Crippen LogP) is 2.05. The fraction of sp³-hybridized carbons (Fsp3) is 0.500. The van der Waals surface area contributed by atoms with Crippen LogP contribution in [0.15, 0.2) is 6.07 Å². The Bertz CT molecular complexity index is 448. The summed E-state index contributed by atoms with van der Waals surface area (Å²) < 4.78 is 0. The number of nitrogens with one attached hydrogen (secondary N) is 1. The smallest absolute Gasteiger partial charge is 0.319 e. The summed E-state index contributed by atoms with van der Waals surface area (Å²) in [4.78, 5) is 27.1. The van der Waals surface area contributed by atoms with Gasteiger partial charge in [0.05, 0.1) is 12.5 Å². The first kappa shape index (κ1) is 12.1. The van der Waals surface area contributed by atoms with Crippen LogP contribution in [0, 0.1) is 19.8 Å². The van der Waals surface area contributed by atoms with E-state index < -0.39 is 0 Å². The normalized spacial score (nSPS) is 20.6. The van der Waals surface area contributed by atoms with E-state index in [4.69, 9.17) is 0 Å². The zero-order chi connectivity index (χ0) is 12.6. The van der Waals surface area contributed by atoms with E-state index in [1.807, 2.05) is 6.92 Å². The van der Waals surface area contributed by atoms with Gasteiger partial charge in [0.25, 0.3) is 0 Å². The van der Waals surface area contributed by atoms with E-state index >= 15 is 0 Å². The molecule has 1 aromatic rings. The molecule has 1 aliphatic heterocycles. The van der Waals surface area contributed by atoms with E-state index in [1.165, 1.54) is 10.4 Å². The number of nitrogens with zero attached hydrogens (tertiary/aromatic N) is 1. The molecule has 0 spiro atoms. The van der Waals surface area contributed by atoms with E-state index in [9.17, 15) is 9.59 Å². The zero-order valence-electron chi connectivity index (χ0n) is 10.2. The van der Waals surface area contributed by atoms with Crippen LogP contribution in [0.2, 0.25) is 0 Å². The van der Waals surface area contributed by atoms with E-state index in [-0.39, 0.29) is 17.9 Å². The molecule has 1 saturated heterocycles. The topological polar surface area (TPSA) is 49.4 Å². The van der Waals surface area contributed by atoms with Crippen molar-refractivity contribution in [1.82, 2.24) is 10.2 Å². The van der Waals surface area contributed by atoms with Gasteiger partial charge in [0, 0.05) is 16.3 Å². The molecule has 3 amide bonds. The first-order valence-corrected chi connectivity index (χ1v) is 6.44. The summed E-state index contributed by atoms with van der Waals surface area (Å²) in [5.41, 5.74) is 1.26. The first-order valence-electron chi connectivity index (χ1n) is 5.63. The maximum atomic E-state index is 11.6. The average Bonchev–Trinajstić information content (AvgIpc) is 2.55. The number of rotatable bonds is 2. The zero-order valence-corrected chi connectivity index (χ0v) is 11.1. The van der Waals surface area contributed by atoms with Crippen LogP contribution in [0.4, 0.5) is 4.79 Å². The summed E-state index contributed by atoms with van der Waals surface area (Å²) in [6.45, 7) is 7.06. The number of amides is 3. The quantitative estimate of drug-likeness (QED) is 0.875. The minimum Gasteiger partial charge on any atom is -0.319 e. The van der Waals surface area contributed by atoms with Crippen molar-refractivity contribution in [3.05, 3.63) is 21.4 Å². The molecule has 17 heavy (non-hydrogen) atoms. The molecule has 2 rings (SSSR count). The molecule has 0 radical (unpaired) electrons. The molecule has 1 atom stereocenters. The number of aryl methyl sites for hydroxylation is 2. The number of imide groups is 1. The van der Waals surface area contributed by atoms with Gasteiger partial charge in [-0.05, 0) is 25.5 Å². The highest BCUT2D eigenvalue weighted by atomic mass is 32.1. The molecule has 5 heteroatoms. The van der Waals surface area contributed by atoms with E-state index in [2.05, 4.69) is 25.2 Å². The molecule has 0 aliphatic carbocycles. The maximum absolute atomic E-state index is 11.6. The number of carbonyl (C=O) groups is 2. The fourth-order valence-corrected chi connectivity index (χ4v) is 2.93. The van der Waals surface area contributed by atoms with Crippen LogP contribution in [0.25, 0.3) is 0 Å². The third kappa shape index (κ3) is 2.49. The molecule has 0 saturated carbocycles. The number of carbonyl (C=O) groups excluding carboxylic acids is 2. The molecule has 0 bridgehead atoms. The lowest BCUT2D eigenvalue weighted by atomic mass is 10.1. The van der Waals surface area contributed by atoms with Crippen molar-refractivity contribution in [2.24, 2.45) is 5.92 Å². The Kier molecular flexibility index (Phi) is 3.19. The highest BCUT2D eigenvalue weighted by molar-refractivity contribution is 7.12. The summed E-state index contributed by atoms with van der Waals surface area (Å²) >= 11 is 1.71. The van der Waals surface area contributed by atoms with Crippen molar-refractivity contribution in [2.75, 3.05) is 6.54 Å². The summed E-state index contributed by atoms with van der Waals surface area (Å²) in [5.74, 6) is -0.306. The van der Waals surface area contributed by atoms with Gasteiger partial charge < -0.3 is 4.90 Å². The lowest BCUT2D eigenvalue weighted by Crippen LogP contribution is -2.53. The molecule has 4 nitrogen and oxygen atoms in total. The standard InChI is InChI=1S/C12H16N2O2S/c1-7-4-10(17-9(7)3)6-14-5-8(2)11(15)13-12(14)16/h4,8H,5-6H2,1-3H3,(H,13,15,16). The second-order valence-corrected chi connectivity index (χ2v) is 5.87. The van der Waals surface area contributed by atoms with Gasteiger partial charge in [0.2, 0.25) is 5.91 Å². The molecule has 1 aromatic heterocycles. The van der Waals surface area contributed by atoms with Crippen molar-refractivity contribution in [2.45, 2.75) is 27.3 Å². The van der Waals surface area contributed by atoms with Crippen LogP contribution in [0.5, 0.6) is 0 Å². The molecule has 2 heterocycles. The average molecular weight is 252 g/mol. The Morgan fingerprint density at radius 2 is 2.18 bits per heavy atom. The third-order valence-corrected chi connectivity index (χ3v) is 4.16. The molecular formula is C12H16N2O2S. The van der Waals surface area contributed by atoms with Crippen molar-refractivity contribution in [1.29, 1.82) is 0 Å². The number of hydrogen-bond acceptors (Lipinski definition) is 3. The molecule has 92 valence electrons. The Morgan fingerprint density at radius 3 is 2.76 bits per heavy atom. The van der Waals surface area contributed by atoms with Gasteiger partial charge >= 0.3 is 6.03 Å². The van der Waals surface area contributed by atoms with Crippen LogP contribution < -0.4 is 5.32 Å². The van der Waals surface area contributed by atoms with E-state index in [0.29, 0.717) is 13.1 Å². The van der Waals surface area contributed by atoms with Crippen LogP contribution in [0.3, 0.4) is 0 Å². The van der Waals surface area contributed by atoms with Gasteiger partial charge in [-0.15, -0.1) is 11.3 Å². The number of thiophene rings is 1. The summed E-state index contributed by atoms with van der Waals surface area (Å²) in [5, 5.41) is 2.37. The van der Waals surface area contributed by atoms with Crippen molar-refractivity contribution >= 4 is 23.3 Å². The van der Waals surface area contributed by atoms with Crippen LogP contribution >= 0.6 is 11.3 Å². The van der Waals surface area contributed by atoms with E-state index in [1.54, 1.807) is 16.2 Å². The van der Waals surface area contributed by atoms with Crippen molar-refractivity contribution in [3.8, 4) is 0 Å². The maximum Gasteiger partial charge on any atom is 0.324 e. The summed E-state index contributed by atoms with van der Waals surface area (Å²) in [6.07, 6.45) is 0. The first-order chi connectivity index (χ1) is 7.97. The Morgan fingerprint density at radius 1 is 1.47 bits per heavy atom. The second-order valence-electron chi connectivity index (χ2n) is 4.53. The summed E-state index contributed by atoms with van der Waals surface area (Å²) in [6, 6.07) is 1.82. The van der Waals surface area contributed by atoms with Gasteiger partial charge in [-0.2, -0.15) is 0 Å². The van der Waals surface area contributed by atoms with Gasteiger partial charge in [0.15, 0.2) is 0 Å². The Balaban J connectivity index is 2.08. The molecule has 1 unspecified atom stereocenters. The lowest BCUT2D eigenvalue weighted by Gasteiger charge is -2.29. The predicted molar refractivity (Wildman–Crippen MR) is 66.9 cm³/mol. The fourth-order valence-electron chi connectivity index (χ4n) is 1.86. The molecular weight excluding hydrogens is 236 g/mol. The van der Waals surface area contributed by atoms with Gasteiger partial charge in [-0.25, -0.2) is 4.79 Å². The SMILES string of the molecule is Cc1cc(CN2CC(C)C(=O)NC2=O)sc1C. The highest BCUT2D eigenvalue weighted by Gasteiger charge is 2.29. The molecule has 1 aliphatic rings. The lowest BCUT2D eigenvalue weighted by molar-refractivity contribution is -0.125. The van der Waals surface area contributed by atoms with Crippen LogP contribution in [-0.2, 0) is 11.3 Å². The molecule has 0 aromatic carbocycles. The second kappa shape index (κ2) is 4.49. The highest BCUT2D eigenvalue weighted by Crippen LogP contribution is 2.23. The summed E-state index contributed by atoms with van der Waals surface area (Å²) in [7, 11) is 0. The Hall–Kier alpha value is -1.36. The van der Waals surface area contributed by atoms with Crippen molar-refractivity contribution < 1.29 is 9.59 Å². The van der Waals surface area contributed by atoms with Crippen molar-refractivity contribution in [3.63, 3.8) is 0 Å². The van der Waals surface area contributed by atoms with Crippen LogP contribution in [0.1, 0.15) is 22.2 Å². The van der Waals surface area contributed by atoms with Gasteiger partial charge in [-0.3, -0.25) is 10.1 Å². The minimum absolute atomic E-state index is 0.130. The minimum atomic E-state index is -0.281. The number of urea groups is 1. The molecule has 1 N–H and O–H groups in total. The van der Waals surface area contributed by atoms with Gasteiger partial charge in [-0.1, -0.05) is 6.92 Å².